The van der Waals surface area contributed by atoms with E-state index in [2.05, 4.69) is 5.32 Å². The Balaban J connectivity index is 2.46. The van der Waals surface area contributed by atoms with Crippen molar-refractivity contribution in [2.45, 2.75) is 57.2 Å². The van der Waals surface area contributed by atoms with Gasteiger partial charge in [-0.2, -0.15) is 0 Å². The Morgan fingerprint density at radius 2 is 2.00 bits per heavy atom. The molecule has 0 bridgehead atoms. The summed E-state index contributed by atoms with van der Waals surface area (Å²) in [7, 11) is 0. The average Bonchev–Trinajstić information content (AvgIpc) is 2.07. The number of nitrogens with two attached hydrogens (primary N) is 1. The molecule has 0 radical (unpaired) electrons. The molecule has 1 fully saturated rings. The lowest BCUT2D eigenvalue weighted by Crippen LogP contribution is -2.55. The molecule has 1 saturated carbocycles. The number of hydrogen-bond acceptors (Lipinski definition) is 3. The molecule has 0 aliphatic heterocycles. The van der Waals surface area contributed by atoms with Crippen LogP contribution in [0.5, 0.6) is 0 Å². The molecule has 4 N–H and O–H groups in total. The number of aliphatic hydroxyl groups excluding tert-OH is 1. The first kappa shape index (κ1) is 11.5. The van der Waals surface area contributed by atoms with Gasteiger partial charge in [-0.15, -0.1) is 0 Å². The Bertz CT molecular complexity index is 211. The van der Waals surface area contributed by atoms with E-state index >= 15 is 0 Å². The van der Waals surface area contributed by atoms with Crippen LogP contribution < -0.4 is 11.1 Å². The molecule has 0 saturated heterocycles. The second-order valence-electron chi connectivity index (χ2n) is 4.65. The first-order valence-electron chi connectivity index (χ1n) is 5.19. The Morgan fingerprint density at radius 1 is 1.43 bits per heavy atom. The van der Waals surface area contributed by atoms with Crippen LogP contribution in [0.1, 0.15) is 39.5 Å². The largest absolute Gasteiger partial charge is 0.391 e. The standard InChI is InChI=1S/C10H20N2O2/c1-10(2,11)9(14)12-7-5-3-4-6-8(7)13/h7-8,13H,3-6,11H2,1-2H3,(H,12,14)/t7-,8-/m0/s1. The molecule has 0 aromatic carbocycles. The highest BCUT2D eigenvalue weighted by Crippen LogP contribution is 2.18. The quantitative estimate of drug-likeness (QED) is 0.593. The molecule has 1 aliphatic carbocycles. The van der Waals surface area contributed by atoms with Crippen LogP contribution in [-0.2, 0) is 4.79 Å². The molecule has 4 heteroatoms. The van der Waals surface area contributed by atoms with E-state index in [9.17, 15) is 9.90 Å². The summed E-state index contributed by atoms with van der Waals surface area (Å²) in [4.78, 5) is 11.5. The molecule has 0 aromatic heterocycles. The van der Waals surface area contributed by atoms with Crippen LogP contribution >= 0.6 is 0 Å². The molecule has 82 valence electrons. The number of hydrogen-bond donors (Lipinski definition) is 3. The molecule has 0 heterocycles. The van der Waals surface area contributed by atoms with Crippen molar-refractivity contribution in [3.05, 3.63) is 0 Å². The molecule has 0 aromatic rings. The van der Waals surface area contributed by atoms with Crippen LogP contribution in [0.25, 0.3) is 0 Å². The average molecular weight is 200 g/mol. The van der Waals surface area contributed by atoms with E-state index in [-0.39, 0.29) is 11.9 Å². The van der Waals surface area contributed by atoms with E-state index in [0.717, 1.165) is 25.7 Å². The topological polar surface area (TPSA) is 75.4 Å². The van der Waals surface area contributed by atoms with E-state index in [1.165, 1.54) is 0 Å². The third kappa shape index (κ3) is 2.96. The van der Waals surface area contributed by atoms with E-state index < -0.39 is 11.6 Å². The first-order chi connectivity index (χ1) is 6.41. The van der Waals surface area contributed by atoms with Gasteiger partial charge in [-0.05, 0) is 26.7 Å². The minimum atomic E-state index is -0.864. The zero-order valence-electron chi connectivity index (χ0n) is 8.92. The molecule has 0 spiro atoms. The monoisotopic (exact) mass is 200 g/mol. The van der Waals surface area contributed by atoms with Crippen LogP contribution in [0.3, 0.4) is 0 Å². The maximum atomic E-state index is 11.5. The summed E-state index contributed by atoms with van der Waals surface area (Å²) in [6.07, 6.45) is 3.32. The number of nitrogens with one attached hydrogen (secondary N) is 1. The van der Waals surface area contributed by atoms with Gasteiger partial charge in [-0.3, -0.25) is 4.79 Å². The third-order valence-corrected chi connectivity index (χ3v) is 2.63. The van der Waals surface area contributed by atoms with Crippen LogP contribution in [0.4, 0.5) is 0 Å². The van der Waals surface area contributed by atoms with Gasteiger partial charge in [0.15, 0.2) is 0 Å². The predicted octanol–water partition coefficient (Wildman–Crippen LogP) is 0.143. The van der Waals surface area contributed by atoms with E-state index in [1.54, 1.807) is 13.8 Å². The molecule has 2 atom stereocenters. The summed E-state index contributed by atoms with van der Waals surface area (Å²) in [6, 6.07) is -0.112. The van der Waals surface area contributed by atoms with Gasteiger partial charge in [0.1, 0.15) is 0 Å². The van der Waals surface area contributed by atoms with Crippen LogP contribution in [0.15, 0.2) is 0 Å². The van der Waals surface area contributed by atoms with Crippen molar-refractivity contribution < 1.29 is 9.90 Å². The smallest absolute Gasteiger partial charge is 0.239 e. The molecule has 4 nitrogen and oxygen atoms in total. The van der Waals surface area contributed by atoms with Gasteiger partial charge in [0, 0.05) is 0 Å². The summed E-state index contributed by atoms with van der Waals surface area (Å²) in [5, 5.41) is 12.4. The van der Waals surface area contributed by atoms with Gasteiger partial charge < -0.3 is 16.2 Å². The highest BCUT2D eigenvalue weighted by molar-refractivity contribution is 5.85. The Labute approximate surface area is 84.9 Å². The Hall–Kier alpha value is -0.610. The number of rotatable bonds is 2. The van der Waals surface area contributed by atoms with Crippen molar-refractivity contribution in [3.8, 4) is 0 Å². The summed E-state index contributed by atoms with van der Waals surface area (Å²) >= 11 is 0. The van der Waals surface area contributed by atoms with Gasteiger partial charge in [-0.1, -0.05) is 12.8 Å². The Kier molecular flexibility index (Phi) is 3.50. The molecule has 0 unspecified atom stereocenters. The second-order valence-corrected chi connectivity index (χ2v) is 4.65. The minimum absolute atomic E-state index is 0.112. The molecular weight excluding hydrogens is 180 g/mol. The second kappa shape index (κ2) is 4.28. The number of aliphatic hydroxyl groups is 1. The van der Waals surface area contributed by atoms with Crippen molar-refractivity contribution in [1.82, 2.24) is 5.32 Å². The maximum Gasteiger partial charge on any atom is 0.239 e. The van der Waals surface area contributed by atoms with Crippen LogP contribution in [0, 0.1) is 0 Å². The number of carbonyl (C=O) groups is 1. The fourth-order valence-electron chi connectivity index (χ4n) is 1.63. The minimum Gasteiger partial charge on any atom is -0.391 e. The lowest BCUT2D eigenvalue weighted by molar-refractivity contribution is -0.127. The lowest BCUT2D eigenvalue weighted by atomic mass is 9.92. The molecule has 14 heavy (non-hydrogen) atoms. The highest BCUT2D eigenvalue weighted by Gasteiger charge is 2.29. The van der Waals surface area contributed by atoms with Crippen molar-refractivity contribution in [2.24, 2.45) is 5.73 Å². The normalized spacial score (nSPS) is 28.6. The highest BCUT2D eigenvalue weighted by atomic mass is 16.3. The van der Waals surface area contributed by atoms with Crippen molar-refractivity contribution >= 4 is 5.91 Å². The summed E-state index contributed by atoms with van der Waals surface area (Å²) in [5.41, 5.74) is 4.78. The summed E-state index contributed by atoms with van der Waals surface area (Å²) in [5.74, 6) is -0.191. The van der Waals surface area contributed by atoms with Gasteiger partial charge in [0.2, 0.25) is 5.91 Å². The fourth-order valence-corrected chi connectivity index (χ4v) is 1.63. The van der Waals surface area contributed by atoms with E-state index in [0.29, 0.717) is 0 Å². The van der Waals surface area contributed by atoms with Gasteiger partial charge in [-0.25, -0.2) is 0 Å². The SMILES string of the molecule is CC(C)(N)C(=O)N[C@H]1CCCC[C@@H]1O. The summed E-state index contributed by atoms with van der Waals surface area (Å²) < 4.78 is 0. The first-order valence-corrected chi connectivity index (χ1v) is 5.19. The van der Waals surface area contributed by atoms with E-state index in [1.807, 2.05) is 0 Å². The number of amides is 1. The number of carbonyl (C=O) groups excluding carboxylic acids is 1. The summed E-state index contributed by atoms with van der Waals surface area (Å²) in [6.45, 7) is 3.33. The van der Waals surface area contributed by atoms with Gasteiger partial charge >= 0.3 is 0 Å². The molecular formula is C10H20N2O2. The van der Waals surface area contributed by atoms with Crippen molar-refractivity contribution in [3.63, 3.8) is 0 Å². The van der Waals surface area contributed by atoms with Crippen molar-refractivity contribution in [1.29, 1.82) is 0 Å². The van der Waals surface area contributed by atoms with Gasteiger partial charge in [0.05, 0.1) is 17.7 Å². The third-order valence-electron chi connectivity index (χ3n) is 2.63. The van der Waals surface area contributed by atoms with E-state index in [4.69, 9.17) is 5.73 Å². The fraction of sp³-hybridized carbons (Fsp3) is 0.900. The lowest BCUT2D eigenvalue weighted by Gasteiger charge is -2.30. The zero-order chi connectivity index (χ0) is 10.8. The predicted molar refractivity (Wildman–Crippen MR) is 54.7 cm³/mol. The Morgan fingerprint density at radius 3 is 2.50 bits per heavy atom. The molecule has 1 rings (SSSR count). The van der Waals surface area contributed by atoms with Crippen LogP contribution in [-0.4, -0.2) is 28.7 Å². The maximum absolute atomic E-state index is 11.5. The van der Waals surface area contributed by atoms with Gasteiger partial charge in [0.25, 0.3) is 0 Å². The molecule has 1 aliphatic rings. The van der Waals surface area contributed by atoms with Crippen molar-refractivity contribution in [2.75, 3.05) is 0 Å². The zero-order valence-corrected chi connectivity index (χ0v) is 8.92. The van der Waals surface area contributed by atoms with Crippen LogP contribution in [0.2, 0.25) is 0 Å². The molecule has 1 amide bonds.